The third-order valence-corrected chi connectivity index (χ3v) is 0. The number of hydrogen-bond donors (Lipinski definition) is 0. The maximum atomic E-state index is 0. The largest absolute Gasteiger partial charge is 0.0149 e. The van der Waals surface area contributed by atoms with E-state index in [0.29, 0.717) is 0 Å². The van der Waals surface area contributed by atoms with Crippen molar-refractivity contribution in [3.63, 3.8) is 0 Å². The van der Waals surface area contributed by atoms with Crippen molar-refractivity contribution in [1.82, 2.24) is 0 Å². The average Bonchev–Trinajstić information content (AvgIpc) is 0. The first kappa shape index (κ1) is 46.9. The van der Waals surface area contributed by atoms with Crippen LogP contribution in [0.1, 0.15) is 0 Å². The molecule has 0 spiro atoms. The molecule has 5 heavy (non-hydrogen) atoms. The van der Waals surface area contributed by atoms with Crippen LogP contribution in [0.4, 0.5) is 0 Å². The van der Waals surface area contributed by atoms with Crippen LogP contribution in [-0.2, 0) is 34.1 Å². The Morgan fingerprint density at radius 1 is 1.00 bits per heavy atom. The van der Waals surface area contributed by atoms with Gasteiger partial charge in [0.1, 0.15) is 0 Å². The van der Waals surface area contributed by atoms with Crippen LogP contribution in [-0.4, -0.2) is 56.0 Å². The normalized spacial score (nSPS) is 0. The Morgan fingerprint density at radius 2 is 1.00 bits per heavy atom. The molecular formula is H8BiCuLiMnSi. The van der Waals surface area contributed by atoms with Crippen molar-refractivity contribution < 1.29 is 34.1 Å². The van der Waals surface area contributed by atoms with E-state index in [2.05, 4.69) is 0 Å². The van der Waals surface area contributed by atoms with Crippen molar-refractivity contribution in [2.45, 2.75) is 0 Å². The fourth-order valence-electron chi connectivity index (χ4n) is 0. The van der Waals surface area contributed by atoms with E-state index in [9.17, 15) is 0 Å². The van der Waals surface area contributed by atoms with E-state index in [1.165, 1.54) is 0 Å². The van der Waals surface area contributed by atoms with Gasteiger partial charge in [0.15, 0.2) is 0 Å². The molecule has 0 bridgehead atoms. The van der Waals surface area contributed by atoms with E-state index in [0.717, 1.165) is 0 Å². The summed E-state index contributed by atoms with van der Waals surface area (Å²) in [6.45, 7) is 0. The van der Waals surface area contributed by atoms with E-state index >= 15 is 0 Å². The van der Waals surface area contributed by atoms with Crippen LogP contribution < -0.4 is 0 Å². The van der Waals surface area contributed by atoms with Gasteiger partial charge in [0.05, 0.1) is 0 Å². The Bertz CT molecular complexity index is 11.6. The van der Waals surface area contributed by atoms with E-state index in [1.54, 1.807) is 0 Å². The van der Waals surface area contributed by atoms with Crippen LogP contribution in [0.5, 0.6) is 0 Å². The molecule has 0 saturated heterocycles. The van der Waals surface area contributed by atoms with Gasteiger partial charge < -0.3 is 0 Å². The Balaban J connectivity index is 0. The zero-order chi connectivity index (χ0) is 0. The molecule has 0 rings (SSSR count). The number of hydrogen-bond acceptors (Lipinski definition) is 0. The maximum absolute atomic E-state index is 0. The quantitative estimate of drug-likeness (QED) is 0.392. The molecule has 0 heterocycles. The molecular weight excluding hydrogens is 362 g/mol. The molecule has 0 atom stereocenters. The van der Waals surface area contributed by atoms with Gasteiger partial charge in [-0.3, -0.25) is 0 Å². The summed E-state index contributed by atoms with van der Waals surface area (Å²) in [4.78, 5) is 0. The van der Waals surface area contributed by atoms with Crippen LogP contribution in [0.2, 0.25) is 0 Å². The zero-order valence-electron chi connectivity index (χ0n) is 1.39. The van der Waals surface area contributed by atoms with Gasteiger partial charge in [0.25, 0.3) is 0 Å². The minimum absolute atomic E-state index is 0. The molecule has 0 aliphatic rings. The van der Waals surface area contributed by atoms with E-state index in [1.807, 2.05) is 0 Å². The van der Waals surface area contributed by atoms with Gasteiger partial charge in [-0.1, -0.05) is 0 Å². The topological polar surface area (TPSA) is 0 Å². The molecule has 0 fully saturated rings. The molecule has 0 aliphatic heterocycles. The standard InChI is InChI=1S/Bi.Cu.Li.Mn.H4Si.4H/h;;;;1H4;;;;. The average molecular weight is 371 g/mol. The molecule has 0 amide bonds. The summed E-state index contributed by atoms with van der Waals surface area (Å²) >= 11 is 0. The van der Waals surface area contributed by atoms with Crippen LogP contribution in [0.15, 0.2) is 0 Å². The van der Waals surface area contributed by atoms with E-state index in [-0.39, 0.29) is 90.2 Å². The molecule has 0 N–H and O–H groups in total. The summed E-state index contributed by atoms with van der Waals surface area (Å²) in [6.07, 6.45) is 0. The molecule has 2 radical (unpaired) electrons. The van der Waals surface area contributed by atoms with Crippen molar-refractivity contribution in [3.05, 3.63) is 0 Å². The van der Waals surface area contributed by atoms with Crippen molar-refractivity contribution in [1.29, 1.82) is 0 Å². The summed E-state index contributed by atoms with van der Waals surface area (Å²) in [5, 5.41) is 0. The van der Waals surface area contributed by atoms with Gasteiger partial charge in [-0.05, 0) is 11.0 Å². The van der Waals surface area contributed by atoms with Crippen LogP contribution in [0.25, 0.3) is 0 Å². The van der Waals surface area contributed by atoms with Crippen molar-refractivity contribution in [3.8, 4) is 0 Å². The van der Waals surface area contributed by atoms with Crippen LogP contribution in [0.3, 0.4) is 0 Å². The zero-order valence-corrected chi connectivity index (χ0v) is 9.01. The van der Waals surface area contributed by atoms with E-state index in [4.69, 9.17) is 0 Å². The smallest absolute Gasteiger partial charge is 0 e. The van der Waals surface area contributed by atoms with Crippen molar-refractivity contribution >= 4 is 56.0 Å². The van der Waals surface area contributed by atoms with Crippen LogP contribution in [0, 0.1) is 0 Å². The number of rotatable bonds is 0. The summed E-state index contributed by atoms with van der Waals surface area (Å²) in [5.74, 6) is 0. The van der Waals surface area contributed by atoms with Gasteiger partial charge in [0, 0.05) is 34.1 Å². The first-order chi connectivity index (χ1) is 0. The molecule has 5 heteroatoms. The third kappa shape index (κ3) is 20.2. The van der Waals surface area contributed by atoms with Gasteiger partial charge >= 0.3 is 45.1 Å². The molecule has 0 saturated carbocycles. The fraction of sp³-hybridized carbons (Fsp3) is 0. The Hall–Kier alpha value is 2.74. The Labute approximate surface area is 88.9 Å². The summed E-state index contributed by atoms with van der Waals surface area (Å²) in [7, 11) is 0. The molecule has 36 valence electrons. The van der Waals surface area contributed by atoms with Gasteiger partial charge in [-0.2, -0.15) is 0 Å². The maximum Gasteiger partial charge on any atom is 0 e. The molecule has 0 aromatic heterocycles. The predicted octanol–water partition coefficient (Wildman–Crippen LogP) is -3.29. The van der Waals surface area contributed by atoms with Crippen LogP contribution >= 0.6 is 0 Å². The second-order valence-corrected chi connectivity index (χ2v) is 0. The van der Waals surface area contributed by atoms with Gasteiger partial charge in [0.2, 0.25) is 0 Å². The molecule has 0 aromatic carbocycles. The Kier molecular flexibility index (Phi) is 278. The fourth-order valence-corrected chi connectivity index (χ4v) is 0. The second kappa shape index (κ2) is 29.6. The SMILES string of the molecule is [BiH3].[Cu].[LiH].[Mn].[SiH4]. The van der Waals surface area contributed by atoms with Gasteiger partial charge in [-0.15, -0.1) is 0 Å². The van der Waals surface area contributed by atoms with Crippen molar-refractivity contribution in [2.75, 3.05) is 0 Å². The molecule has 0 aliphatic carbocycles. The predicted molar refractivity (Wildman–Crippen MR) is 28.4 cm³/mol. The minimum Gasteiger partial charge on any atom is -0.0149 e. The second-order valence-electron chi connectivity index (χ2n) is 0. The third-order valence-electron chi connectivity index (χ3n) is 0. The summed E-state index contributed by atoms with van der Waals surface area (Å²) in [5.41, 5.74) is 0. The molecule has 0 nitrogen and oxygen atoms in total. The summed E-state index contributed by atoms with van der Waals surface area (Å²) in [6, 6.07) is 0. The summed E-state index contributed by atoms with van der Waals surface area (Å²) < 4.78 is 0. The van der Waals surface area contributed by atoms with E-state index < -0.39 is 0 Å². The molecule has 0 aromatic rings. The monoisotopic (exact) mass is 370 g/mol. The first-order valence-corrected chi connectivity index (χ1v) is 0. The first-order valence-electron chi connectivity index (χ1n) is 0. The molecule has 0 unspecified atom stereocenters. The minimum atomic E-state index is 0. The van der Waals surface area contributed by atoms with Gasteiger partial charge in [-0.25, -0.2) is 0 Å². The van der Waals surface area contributed by atoms with Crippen molar-refractivity contribution in [2.24, 2.45) is 0 Å². The Morgan fingerprint density at radius 3 is 1.00 bits per heavy atom.